The van der Waals surface area contributed by atoms with Crippen LogP contribution in [0.4, 0.5) is 5.95 Å². The highest BCUT2D eigenvalue weighted by molar-refractivity contribution is 5.58. The van der Waals surface area contributed by atoms with Crippen LogP contribution in [0.2, 0.25) is 0 Å². The minimum Gasteiger partial charge on any atom is -0.380 e. The molecule has 36 heavy (non-hydrogen) atoms. The first kappa shape index (κ1) is 24.9. The number of hydrogen-bond acceptors (Lipinski definition) is 7. The number of hydrogen-bond donors (Lipinski definition) is 1. The molecule has 2 saturated heterocycles. The predicted octanol–water partition coefficient (Wildman–Crippen LogP) is 4.66. The number of rotatable bonds is 6. The van der Waals surface area contributed by atoms with Gasteiger partial charge in [-0.15, -0.1) is 0 Å². The molecule has 0 unspecified atom stereocenters. The standard InChI is InChI=1S/C29H38N4O3/c1-19(2)22-10-12-24(13-11-22)29(34,28(5)17-32(6)18-28)25-9-7-8-23(14-25)26-30-27(31-36-26)33-15-20(3)35-21(4)16-33/h7-14,19-21,34H,15-18H2,1-6H3/t20-,21-,29+/m1/s1. The van der Waals surface area contributed by atoms with Crippen LogP contribution < -0.4 is 4.90 Å². The van der Waals surface area contributed by atoms with Crippen molar-refractivity contribution >= 4 is 5.95 Å². The molecule has 7 heteroatoms. The monoisotopic (exact) mass is 490 g/mol. The van der Waals surface area contributed by atoms with Gasteiger partial charge in [-0.3, -0.25) is 0 Å². The molecule has 2 aromatic carbocycles. The van der Waals surface area contributed by atoms with E-state index in [4.69, 9.17) is 14.2 Å². The normalized spacial score (nSPS) is 23.9. The van der Waals surface area contributed by atoms with Gasteiger partial charge < -0.3 is 24.2 Å². The Kier molecular flexibility index (Phi) is 6.43. The zero-order valence-electron chi connectivity index (χ0n) is 22.2. The first-order valence-corrected chi connectivity index (χ1v) is 13.0. The van der Waals surface area contributed by atoms with Crippen molar-refractivity contribution in [1.29, 1.82) is 0 Å². The Bertz CT molecular complexity index is 1190. The van der Waals surface area contributed by atoms with Crippen LogP contribution in [0.25, 0.3) is 11.5 Å². The maximum atomic E-state index is 12.5. The second-order valence-electron chi connectivity index (χ2n) is 11.4. The number of aliphatic hydroxyl groups is 1. The molecule has 7 nitrogen and oxygen atoms in total. The molecule has 0 bridgehead atoms. The zero-order chi connectivity index (χ0) is 25.7. The molecule has 3 heterocycles. The van der Waals surface area contributed by atoms with Crippen LogP contribution >= 0.6 is 0 Å². The molecule has 0 radical (unpaired) electrons. The summed E-state index contributed by atoms with van der Waals surface area (Å²) in [5.41, 5.74) is 2.30. The van der Waals surface area contributed by atoms with Gasteiger partial charge in [-0.1, -0.05) is 57.2 Å². The topological polar surface area (TPSA) is 74.9 Å². The van der Waals surface area contributed by atoms with Crippen molar-refractivity contribution in [3.63, 3.8) is 0 Å². The average Bonchev–Trinajstić information content (AvgIpc) is 3.33. The lowest BCUT2D eigenvalue weighted by Crippen LogP contribution is -2.63. The van der Waals surface area contributed by atoms with Gasteiger partial charge in [-0.05, 0) is 60.8 Å². The van der Waals surface area contributed by atoms with E-state index in [1.165, 1.54) is 5.56 Å². The third kappa shape index (κ3) is 4.33. The lowest BCUT2D eigenvalue weighted by molar-refractivity contribution is -0.127. The second kappa shape index (κ2) is 9.29. The van der Waals surface area contributed by atoms with Crippen LogP contribution in [0.3, 0.4) is 0 Å². The van der Waals surface area contributed by atoms with Crippen molar-refractivity contribution in [2.75, 3.05) is 38.1 Å². The molecule has 3 atom stereocenters. The predicted molar refractivity (Wildman–Crippen MR) is 141 cm³/mol. The summed E-state index contributed by atoms with van der Waals surface area (Å²) in [6.45, 7) is 13.7. The van der Waals surface area contributed by atoms with Crippen LogP contribution in [0.5, 0.6) is 0 Å². The highest BCUT2D eigenvalue weighted by Gasteiger charge is 2.55. The largest absolute Gasteiger partial charge is 0.380 e. The zero-order valence-corrected chi connectivity index (χ0v) is 22.2. The van der Waals surface area contributed by atoms with Crippen molar-refractivity contribution in [3.05, 3.63) is 65.2 Å². The van der Waals surface area contributed by atoms with Crippen LogP contribution in [0.1, 0.15) is 57.2 Å². The van der Waals surface area contributed by atoms with Gasteiger partial charge in [-0.2, -0.15) is 4.98 Å². The quantitative estimate of drug-likeness (QED) is 0.539. The summed E-state index contributed by atoms with van der Waals surface area (Å²) in [6, 6.07) is 16.4. The Morgan fingerprint density at radius 1 is 1.03 bits per heavy atom. The van der Waals surface area contributed by atoms with E-state index >= 15 is 0 Å². The number of ether oxygens (including phenoxy) is 1. The fourth-order valence-corrected chi connectivity index (χ4v) is 6.03. The van der Waals surface area contributed by atoms with E-state index in [9.17, 15) is 5.11 Å². The smallest absolute Gasteiger partial charge is 0.266 e. The molecule has 1 aromatic heterocycles. The Labute approximate surface area is 214 Å². The van der Waals surface area contributed by atoms with E-state index in [1.54, 1.807) is 0 Å². The highest BCUT2D eigenvalue weighted by atomic mass is 16.5. The molecule has 2 aliphatic rings. The summed E-state index contributed by atoms with van der Waals surface area (Å²) >= 11 is 0. The van der Waals surface area contributed by atoms with Gasteiger partial charge in [-0.25, -0.2) is 0 Å². The van der Waals surface area contributed by atoms with Crippen molar-refractivity contribution in [2.45, 2.75) is 58.3 Å². The number of benzene rings is 2. The molecule has 192 valence electrons. The molecule has 3 aromatic rings. The average molecular weight is 491 g/mol. The molecular weight excluding hydrogens is 452 g/mol. The Balaban J connectivity index is 1.51. The van der Waals surface area contributed by atoms with Crippen molar-refractivity contribution < 1.29 is 14.4 Å². The van der Waals surface area contributed by atoms with E-state index < -0.39 is 5.60 Å². The molecular formula is C29H38N4O3. The van der Waals surface area contributed by atoms with Gasteiger partial charge >= 0.3 is 0 Å². The summed E-state index contributed by atoms with van der Waals surface area (Å²) < 4.78 is 11.5. The first-order valence-electron chi connectivity index (χ1n) is 13.0. The third-order valence-electron chi connectivity index (χ3n) is 7.75. The molecule has 2 aliphatic heterocycles. The summed E-state index contributed by atoms with van der Waals surface area (Å²) in [6.07, 6.45) is 0.218. The van der Waals surface area contributed by atoms with Gasteiger partial charge in [0.1, 0.15) is 5.60 Å². The summed E-state index contributed by atoms with van der Waals surface area (Å²) in [4.78, 5) is 9.06. The van der Waals surface area contributed by atoms with Gasteiger partial charge in [0, 0.05) is 37.2 Å². The van der Waals surface area contributed by atoms with Gasteiger partial charge in [0.15, 0.2) is 0 Å². The third-order valence-corrected chi connectivity index (χ3v) is 7.75. The number of aromatic nitrogens is 2. The number of morpholine rings is 1. The van der Waals surface area contributed by atoms with Crippen LogP contribution in [-0.2, 0) is 10.3 Å². The number of anilines is 1. The molecule has 5 rings (SSSR count). The minimum atomic E-state index is -1.16. The molecule has 0 amide bonds. The van der Waals surface area contributed by atoms with Gasteiger partial charge in [0.25, 0.3) is 11.8 Å². The SMILES string of the molecule is CC(C)c1ccc([C@](O)(c2cccc(-c3nc(N4C[C@@H](C)O[C@H](C)C4)no3)c2)C2(C)CN(C)C2)cc1. The fourth-order valence-electron chi connectivity index (χ4n) is 6.03. The maximum Gasteiger partial charge on any atom is 0.266 e. The van der Waals surface area contributed by atoms with Gasteiger partial charge in [0.05, 0.1) is 12.2 Å². The van der Waals surface area contributed by atoms with Crippen molar-refractivity contribution in [3.8, 4) is 11.5 Å². The minimum absolute atomic E-state index is 0.109. The Morgan fingerprint density at radius 2 is 1.69 bits per heavy atom. The Morgan fingerprint density at radius 3 is 2.31 bits per heavy atom. The molecule has 0 aliphatic carbocycles. The fraction of sp³-hybridized carbons (Fsp3) is 0.517. The molecule has 2 fully saturated rings. The van der Waals surface area contributed by atoms with Gasteiger partial charge in [0.2, 0.25) is 0 Å². The summed E-state index contributed by atoms with van der Waals surface area (Å²) in [5, 5.41) is 16.8. The van der Waals surface area contributed by atoms with E-state index in [0.717, 1.165) is 42.9 Å². The molecule has 0 saturated carbocycles. The Hall–Kier alpha value is -2.74. The van der Waals surface area contributed by atoms with E-state index in [-0.39, 0.29) is 17.6 Å². The lowest BCUT2D eigenvalue weighted by atomic mass is 9.62. The summed E-state index contributed by atoms with van der Waals surface area (Å²) in [5.74, 6) is 1.46. The summed E-state index contributed by atoms with van der Waals surface area (Å²) in [7, 11) is 2.09. The number of likely N-dealkylation sites (tertiary alicyclic amines) is 1. The van der Waals surface area contributed by atoms with Crippen LogP contribution in [0.15, 0.2) is 53.1 Å². The highest BCUT2D eigenvalue weighted by Crippen LogP contribution is 2.50. The first-order chi connectivity index (χ1) is 17.1. The maximum absolute atomic E-state index is 12.5. The van der Waals surface area contributed by atoms with E-state index in [0.29, 0.717) is 17.8 Å². The van der Waals surface area contributed by atoms with Crippen molar-refractivity contribution in [2.24, 2.45) is 5.41 Å². The van der Waals surface area contributed by atoms with Crippen LogP contribution in [0, 0.1) is 5.41 Å². The number of nitrogens with zero attached hydrogens (tertiary/aromatic N) is 4. The lowest BCUT2D eigenvalue weighted by Gasteiger charge is -2.56. The van der Waals surface area contributed by atoms with Crippen LogP contribution in [-0.4, -0.2) is 65.6 Å². The molecule has 0 spiro atoms. The van der Waals surface area contributed by atoms with E-state index in [1.807, 2.05) is 24.3 Å². The second-order valence-corrected chi connectivity index (χ2v) is 11.4. The van der Waals surface area contributed by atoms with Crippen molar-refractivity contribution in [1.82, 2.24) is 15.0 Å². The molecule has 1 N–H and O–H groups in total. The van der Waals surface area contributed by atoms with E-state index in [2.05, 4.69) is 80.9 Å².